The van der Waals surface area contributed by atoms with Crippen molar-refractivity contribution in [3.05, 3.63) is 58.3 Å². The summed E-state index contributed by atoms with van der Waals surface area (Å²) in [4.78, 5) is 13.0. The molecule has 4 rings (SSSR count). The van der Waals surface area contributed by atoms with Crippen molar-refractivity contribution in [2.45, 2.75) is 39.5 Å². The topological polar surface area (TPSA) is 104 Å². The number of aryl methyl sites for hydroxylation is 3. The van der Waals surface area contributed by atoms with Gasteiger partial charge in [0.25, 0.3) is 0 Å². The molecule has 9 heteroatoms. The van der Waals surface area contributed by atoms with E-state index in [9.17, 15) is 0 Å². The van der Waals surface area contributed by atoms with E-state index in [-0.39, 0.29) is 0 Å². The van der Waals surface area contributed by atoms with Gasteiger partial charge in [0.1, 0.15) is 24.0 Å². The summed E-state index contributed by atoms with van der Waals surface area (Å²) in [6.45, 7) is 16.5. The molecule has 3 aromatic heterocycles. The molecular formula is C24H30N8O. The molecule has 4 N–H and O–H groups in total. The summed E-state index contributed by atoms with van der Waals surface area (Å²) < 4.78 is 5.89. The molecule has 1 aliphatic heterocycles. The van der Waals surface area contributed by atoms with Crippen LogP contribution in [0.25, 0.3) is 4.85 Å². The van der Waals surface area contributed by atoms with Crippen molar-refractivity contribution >= 4 is 23.1 Å². The lowest BCUT2D eigenvalue weighted by Crippen LogP contribution is -2.26. The second-order valence-electron chi connectivity index (χ2n) is 8.30. The average molecular weight is 447 g/mol. The molecule has 0 aromatic carbocycles. The fraction of sp³-hybridized carbons (Fsp3) is 0.417. The number of aromatic nitrogens is 4. The zero-order valence-electron chi connectivity index (χ0n) is 19.3. The number of nitrogens with zero attached hydrogens (tertiary/aromatic N) is 4. The summed E-state index contributed by atoms with van der Waals surface area (Å²) in [5.74, 6) is 3.02. The Morgan fingerprint density at radius 1 is 1.12 bits per heavy atom. The van der Waals surface area contributed by atoms with Gasteiger partial charge in [-0.05, 0) is 76.4 Å². The van der Waals surface area contributed by atoms with Crippen LogP contribution in [0.3, 0.4) is 0 Å². The van der Waals surface area contributed by atoms with Crippen molar-refractivity contribution in [3.63, 3.8) is 0 Å². The van der Waals surface area contributed by atoms with Crippen LogP contribution in [0.1, 0.15) is 41.4 Å². The number of aromatic amines is 1. The average Bonchev–Trinajstić information content (AvgIpc) is 3.22. The van der Waals surface area contributed by atoms with Gasteiger partial charge in [0, 0.05) is 24.0 Å². The van der Waals surface area contributed by atoms with Gasteiger partial charge in [-0.25, -0.2) is 9.83 Å². The third-order valence-electron chi connectivity index (χ3n) is 5.70. The summed E-state index contributed by atoms with van der Waals surface area (Å²) in [5.41, 5.74) is 4.40. The Morgan fingerprint density at radius 3 is 2.64 bits per heavy atom. The molecule has 0 radical (unpaired) electrons. The first-order valence-corrected chi connectivity index (χ1v) is 11.3. The van der Waals surface area contributed by atoms with Gasteiger partial charge in [-0.2, -0.15) is 5.10 Å². The Kier molecular flexibility index (Phi) is 7.05. The van der Waals surface area contributed by atoms with Crippen LogP contribution in [-0.4, -0.2) is 46.4 Å². The summed E-state index contributed by atoms with van der Waals surface area (Å²) in [5, 5.41) is 17.2. The number of ether oxygens (including phenoxy) is 1. The van der Waals surface area contributed by atoms with Crippen molar-refractivity contribution in [3.8, 4) is 5.75 Å². The Hall–Kier alpha value is -3.64. The number of hydrogen-bond donors (Lipinski definition) is 4. The van der Waals surface area contributed by atoms with E-state index in [1.54, 1.807) is 0 Å². The van der Waals surface area contributed by atoms with Gasteiger partial charge in [-0.3, -0.25) is 10.1 Å². The van der Waals surface area contributed by atoms with Crippen LogP contribution >= 0.6 is 0 Å². The quantitative estimate of drug-likeness (QED) is 0.301. The molecule has 0 aliphatic carbocycles. The zero-order valence-corrected chi connectivity index (χ0v) is 19.3. The minimum Gasteiger partial charge on any atom is -0.490 e. The van der Waals surface area contributed by atoms with Crippen molar-refractivity contribution in [1.29, 1.82) is 0 Å². The SMILES string of the molecule is [C-]#[N+]c1c(C2CCNCC2)cc(Nc2cc(C)[nH]n2)nc1NCCOc1ccc(C)nc1C. The molecule has 4 heterocycles. The van der Waals surface area contributed by atoms with Gasteiger partial charge in [0.2, 0.25) is 5.69 Å². The van der Waals surface area contributed by atoms with E-state index in [4.69, 9.17) is 16.3 Å². The van der Waals surface area contributed by atoms with Gasteiger partial charge in [-0.1, -0.05) is 0 Å². The third kappa shape index (κ3) is 5.59. The smallest absolute Gasteiger partial charge is 0.231 e. The van der Waals surface area contributed by atoms with Crippen LogP contribution in [0.5, 0.6) is 5.75 Å². The minimum atomic E-state index is 0.318. The molecule has 9 nitrogen and oxygen atoms in total. The summed E-state index contributed by atoms with van der Waals surface area (Å²) in [6.07, 6.45) is 1.99. The van der Waals surface area contributed by atoms with E-state index in [2.05, 4.69) is 36.0 Å². The molecule has 1 fully saturated rings. The molecule has 0 bridgehead atoms. The van der Waals surface area contributed by atoms with Crippen molar-refractivity contribution in [2.24, 2.45) is 0 Å². The normalized spacial score (nSPS) is 14.0. The molecule has 1 aliphatic rings. The number of rotatable bonds is 8. The van der Waals surface area contributed by atoms with Crippen LogP contribution in [0.15, 0.2) is 24.3 Å². The second kappa shape index (κ2) is 10.3. The lowest BCUT2D eigenvalue weighted by molar-refractivity contribution is 0.328. The lowest BCUT2D eigenvalue weighted by atomic mass is 9.89. The highest BCUT2D eigenvalue weighted by Gasteiger charge is 2.22. The van der Waals surface area contributed by atoms with Crippen LogP contribution in [-0.2, 0) is 0 Å². The Morgan fingerprint density at radius 2 is 1.94 bits per heavy atom. The molecule has 0 unspecified atom stereocenters. The Balaban J connectivity index is 1.53. The maximum atomic E-state index is 7.85. The number of anilines is 3. The van der Waals surface area contributed by atoms with E-state index >= 15 is 0 Å². The molecular weight excluding hydrogens is 416 g/mol. The van der Waals surface area contributed by atoms with Crippen molar-refractivity contribution < 1.29 is 4.74 Å². The predicted molar refractivity (Wildman–Crippen MR) is 130 cm³/mol. The van der Waals surface area contributed by atoms with Crippen LogP contribution < -0.4 is 20.7 Å². The van der Waals surface area contributed by atoms with Crippen LogP contribution in [0.2, 0.25) is 0 Å². The third-order valence-corrected chi connectivity index (χ3v) is 5.70. The first kappa shape index (κ1) is 22.6. The monoisotopic (exact) mass is 446 g/mol. The lowest BCUT2D eigenvalue weighted by Gasteiger charge is -2.25. The van der Waals surface area contributed by atoms with E-state index < -0.39 is 0 Å². The van der Waals surface area contributed by atoms with E-state index in [1.165, 1.54) is 0 Å². The van der Waals surface area contributed by atoms with Gasteiger partial charge in [0.15, 0.2) is 5.82 Å². The van der Waals surface area contributed by atoms with Crippen LogP contribution in [0.4, 0.5) is 23.1 Å². The first-order chi connectivity index (χ1) is 16.0. The molecule has 3 aromatic rings. The summed E-state index contributed by atoms with van der Waals surface area (Å²) in [7, 11) is 0. The zero-order chi connectivity index (χ0) is 23.2. The molecule has 172 valence electrons. The van der Waals surface area contributed by atoms with Gasteiger partial charge in [-0.15, -0.1) is 0 Å². The molecule has 1 saturated heterocycles. The molecule has 0 spiro atoms. The fourth-order valence-electron chi connectivity index (χ4n) is 4.08. The van der Waals surface area contributed by atoms with Crippen LogP contribution in [0, 0.1) is 27.3 Å². The molecule has 0 saturated carbocycles. The molecule has 33 heavy (non-hydrogen) atoms. The van der Waals surface area contributed by atoms with Crippen molar-refractivity contribution in [1.82, 2.24) is 25.5 Å². The van der Waals surface area contributed by atoms with Gasteiger partial charge in [0.05, 0.1) is 12.3 Å². The van der Waals surface area contributed by atoms with Crippen molar-refractivity contribution in [2.75, 3.05) is 36.9 Å². The Labute approximate surface area is 194 Å². The second-order valence-corrected chi connectivity index (χ2v) is 8.30. The highest BCUT2D eigenvalue weighted by molar-refractivity contribution is 5.74. The first-order valence-electron chi connectivity index (χ1n) is 11.3. The van der Waals surface area contributed by atoms with Gasteiger partial charge >= 0.3 is 0 Å². The highest BCUT2D eigenvalue weighted by atomic mass is 16.5. The minimum absolute atomic E-state index is 0.318. The van der Waals surface area contributed by atoms with Gasteiger partial charge < -0.3 is 20.7 Å². The largest absolute Gasteiger partial charge is 0.490 e. The number of pyridine rings is 2. The standard InChI is InChI=1S/C24H30N8O/c1-15-5-6-20(17(3)28-15)33-12-11-27-24-23(25-4)19(18-7-9-26-10-8-18)14-21(30-24)29-22-13-16(2)31-32-22/h5-6,13-14,18,26H,7-12H2,1-3H3,(H3,27,29,30,31,32). The summed E-state index contributed by atoms with van der Waals surface area (Å²) >= 11 is 0. The number of hydrogen-bond acceptors (Lipinski definition) is 7. The summed E-state index contributed by atoms with van der Waals surface area (Å²) in [6, 6.07) is 7.79. The van der Waals surface area contributed by atoms with E-state index in [0.717, 1.165) is 54.3 Å². The van der Waals surface area contributed by atoms with E-state index in [1.807, 2.05) is 45.0 Å². The predicted octanol–water partition coefficient (Wildman–Crippen LogP) is 4.38. The number of nitrogens with one attached hydrogen (secondary N) is 4. The number of piperidine rings is 1. The number of H-pyrrole nitrogens is 1. The Bertz CT molecular complexity index is 1140. The molecule has 0 amide bonds. The maximum absolute atomic E-state index is 7.85. The van der Waals surface area contributed by atoms with E-state index in [0.29, 0.717) is 42.2 Å². The fourth-order valence-corrected chi connectivity index (χ4v) is 4.08. The highest BCUT2D eigenvalue weighted by Crippen LogP contribution is 2.39. The molecule has 0 atom stereocenters. The maximum Gasteiger partial charge on any atom is 0.231 e.